The summed E-state index contributed by atoms with van der Waals surface area (Å²) < 4.78 is 17.4. The van der Waals surface area contributed by atoms with Crippen molar-refractivity contribution in [2.45, 2.75) is 37.9 Å². The molecule has 14 nitrogen and oxygen atoms in total. The minimum Gasteiger partial charge on any atom is -0.493 e. The minimum absolute atomic E-state index is 0.0480. The number of anilines is 1. The third kappa shape index (κ3) is 6.97. The number of esters is 1. The molecular formula is C30H30N6O8S2. The van der Waals surface area contributed by atoms with Gasteiger partial charge in [-0.05, 0) is 62.1 Å². The molecule has 0 saturated carbocycles. The van der Waals surface area contributed by atoms with Gasteiger partial charge in [0.25, 0.3) is 11.6 Å². The van der Waals surface area contributed by atoms with Gasteiger partial charge in [-0.25, -0.2) is 4.79 Å². The van der Waals surface area contributed by atoms with E-state index in [9.17, 15) is 24.5 Å². The van der Waals surface area contributed by atoms with E-state index in [2.05, 4.69) is 20.8 Å². The number of nitro benzene ring substituents is 1. The van der Waals surface area contributed by atoms with Crippen molar-refractivity contribution in [3.63, 3.8) is 0 Å². The van der Waals surface area contributed by atoms with Gasteiger partial charge in [0.1, 0.15) is 5.00 Å². The molecule has 0 fully saturated rings. The number of non-ortho nitro benzene ring substituents is 1. The van der Waals surface area contributed by atoms with Crippen molar-refractivity contribution in [2.24, 2.45) is 0 Å². The number of fused-ring (bicyclic) bond motifs is 1. The van der Waals surface area contributed by atoms with Crippen LogP contribution in [0, 0.1) is 10.1 Å². The van der Waals surface area contributed by atoms with Gasteiger partial charge < -0.3 is 24.8 Å². The molecule has 0 spiro atoms. The zero-order valence-electron chi connectivity index (χ0n) is 25.2. The highest BCUT2D eigenvalue weighted by atomic mass is 32.2. The van der Waals surface area contributed by atoms with Crippen LogP contribution in [0.1, 0.15) is 50.3 Å². The standard InChI is InChI=1S/C30H30N6O8S2/c1-4-44-29(39)26-20-6-5-7-23(20)46-28(26)32-25(37)16-45-30-34-33-24(35(30)18-9-11-19(12-10-18)36(40)41)15-31-27(38)17-8-13-21(42-2)22(14-17)43-3/h8-14H,4-7,15-16H2,1-3H3,(H,31,38)(H,32,37). The first-order valence-corrected chi connectivity index (χ1v) is 16.0. The Hall–Kier alpha value is -4.96. The van der Waals surface area contributed by atoms with Gasteiger partial charge in [-0.1, -0.05) is 11.8 Å². The summed E-state index contributed by atoms with van der Waals surface area (Å²) >= 11 is 2.47. The molecule has 0 atom stereocenters. The number of nitro groups is 1. The highest BCUT2D eigenvalue weighted by molar-refractivity contribution is 7.99. The quantitative estimate of drug-likeness (QED) is 0.0884. The van der Waals surface area contributed by atoms with E-state index < -0.39 is 16.8 Å². The van der Waals surface area contributed by atoms with Gasteiger partial charge in [0.05, 0.1) is 43.6 Å². The number of amides is 2. The predicted molar refractivity (Wildman–Crippen MR) is 170 cm³/mol. The van der Waals surface area contributed by atoms with Crippen molar-refractivity contribution in [3.05, 3.63) is 80.0 Å². The number of benzene rings is 2. The molecule has 0 unspecified atom stereocenters. The number of rotatable bonds is 13. The second-order valence-electron chi connectivity index (χ2n) is 9.88. The molecule has 16 heteroatoms. The van der Waals surface area contributed by atoms with E-state index in [0.29, 0.717) is 44.3 Å². The highest BCUT2D eigenvalue weighted by Gasteiger charge is 2.28. The fourth-order valence-electron chi connectivity index (χ4n) is 4.93. The average Bonchev–Trinajstić information content (AvgIpc) is 3.77. The van der Waals surface area contributed by atoms with E-state index in [0.717, 1.165) is 41.5 Å². The van der Waals surface area contributed by atoms with Crippen molar-refractivity contribution in [1.29, 1.82) is 0 Å². The normalized spacial score (nSPS) is 11.9. The fraction of sp³-hybridized carbons (Fsp3) is 0.300. The third-order valence-corrected chi connectivity index (χ3v) is 9.19. The highest BCUT2D eigenvalue weighted by Crippen LogP contribution is 2.39. The maximum Gasteiger partial charge on any atom is 0.341 e. The second kappa shape index (κ2) is 14.4. The Balaban J connectivity index is 1.34. The van der Waals surface area contributed by atoms with Crippen LogP contribution >= 0.6 is 23.1 Å². The van der Waals surface area contributed by atoms with Crippen LogP contribution in [0.15, 0.2) is 47.6 Å². The van der Waals surface area contributed by atoms with Crippen molar-refractivity contribution >= 4 is 51.6 Å². The number of nitrogens with one attached hydrogen (secondary N) is 2. The van der Waals surface area contributed by atoms with E-state index in [1.54, 1.807) is 29.7 Å². The predicted octanol–water partition coefficient (Wildman–Crippen LogP) is 4.58. The Kier molecular flexibility index (Phi) is 10.2. The van der Waals surface area contributed by atoms with Crippen molar-refractivity contribution in [3.8, 4) is 17.2 Å². The summed E-state index contributed by atoms with van der Waals surface area (Å²) in [6, 6.07) is 10.5. The fourth-order valence-corrected chi connectivity index (χ4v) is 7.00. The Morgan fingerprint density at radius 3 is 2.52 bits per heavy atom. The number of carbonyl (C=O) groups is 3. The molecule has 5 rings (SSSR count). The average molecular weight is 667 g/mol. The summed E-state index contributed by atoms with van der Waals surface area (Å²) in [5.41, 5.74) is 2.07. The van der Waals surface area contributed by atoms with Crippen LogP contribution in [-0.2, 0) is 28.9 Å². The van der Waals surface area contributed by atoms with Crippen LogP contribution in [-0.4, -0.2) is 64.1 Å². The van der Waals surface area contributed by atoms with E-state index in [4.69, 9.17) is 14.2 Å². The van der Waals surface area contributed by atoms with Gasteiger partial charge in [0.2, 0.25) is 5.91 Å². The topological polar surface area (TPSA) is 177 Å². The van der Waals surface area contributed by atoms with Gasteiger partial charge in [-0.15, -0.1) is 21.5 Å². The molecule has 1 aliphatic rings. The molecular weight excluding hydrogens is 636 g/mol. The molecule has 0 radical (unpaired) electrons. The van der Waals surface area contributed by atoms with Crippen LogP contribution < -0.4 is 20.1 Å². The first kappa shape index (κ1) is 32.4. The van der Waals surface area contributed by atoms with Crippen molar-refractivity contribution in [2.75, 3.05) is 31.9 Å². The van der Waals surface area contributed by atoms with E-state index in [-0.39, 0.29) is 30.5 Å². The van der Waals surface area contributed by atoms with Gasteiger partial charge >= 0.3 is 5.97 Å². The van der Waals surface area contributed by atoms with E-state index in [1.807, 2.05) is 0 Å². The van der Waals surface area contributed by atoms with Gasteiger partial charge in [0, 0.05) is 28.3 Å². The molecule has 2 aromatic carbocycles. The second-order valence-corrected chi connectivity index (χ2v) is 11.9. The molecule has 0 bridgehead atoms. The van der Waals surface area contributed by atoms with Gasteiger partial charge in [0.15, 0.2) is 22.5 Å². The molecule has 2 N–H and O–H groups in total. The molecule has 46 heavy (non-hydrogen) atoms. The van der Waals surface area contributed by atoms with E-state index >= 15 is 0 Å². The van der Waals surface area contributed by atoms with Crippen molar-refractivity contribution in [1.82, 2.24) is 20.1 Å². The molecule has 2 heterocycles. The van der Waals surface area contributed by atoms with Crippen molar-refractivity contribution < 1.29 is 33.5 Å². The maximum atomic E-state index is 13.1. The number of methoxy groups -OCH3 is 2. The molecule has 0 aliphatic heterocycles. The number of aromatic nitrogens is 3. The molecule has 0 saturated heterocycles. The lowest BCUT2D eigenvalue weighted by Gasteiger charge is -2.12. The summed E-state index contributed by atoms with van der Waals surface area (Å²) in [6.07, 6.45) is 2.56. The van der Waals surface area contributed by atoms with Crippen LogP contribution in [0.3, 0.4) is 0 Å². The Morgan fingerprint density at radius 1 is 1.07 bits per heavy atom. The lowest BCUT2D eigenvalue weighted by Crippen LogP contribution is -2.24. The molecule has 1 aliphatic carbocycles. The number of ether oxygens (including phenoxy) is 3. The lowest BCUT2D eigenvalue weighted by atomic mass is 10.1. The first-order chi connectivity index (χ1) is 22.2. The van der Waals surface area contributed by atoms with E-state index in [1.165, 1.54) is 49.8 Å². The first-order valence-electron chi connectivity index (χ1n) is 14.2. The van der Waals surface area contributed by atoms with Crippen LogP contribution in [0.5, 0.6) is 11.5 Å². The minimum atomic E-state index is -0.509. The Labute approximate surface area is 271 Å². The Bertz CT molecular complexity index is 1790. The number of hydrogen-bond acceptors (Lipinski definition) is 12. The molecule has 240 valence electrons. The zero-order valence-corrected chi connectivity index (χ0v) is 26.8. The lowest BCUT2D eigenvalue weighted by molar-refractivity contribution is -0.384. The molecule has 2 amide bonds. The number of hydrogen-bond donors (Lipinski definition) is 2. The Morgan fingerprint density at radius 2 is 1.83 bits per heavy atom. The number of thiophene rings is 1. The third-order valence-electron chi connectivity index (χ3n) is 7.06. The monoisotopic (exact) mass is 666 g/mol. The number of carbonyl (C=O) groups excluding carboxylic acids is 3. The molecule has 2 aromatic heterocycles. The number of aryl methyl sites for hydroxylation is 1. The summed E-state index contributed by atoms with van der Waals surface area (Å²) in [5.74, 6) is -0.114. The van der Waals surface area contributed by atoms with Crippen LogP contribution in [0.2, 0.25) is 0 Å². The smallest absolute Gasteiger partial charge is 0.341 e. The number of thioether (sulfide) groups is 1. The molecule has 4 aromatic rings. The maximum absolute atomic E-state index is 13.1. The summed E-state index contributed by atoms with van der Waals surface area (Å²) in [6.45, 7) is 1.91. The zero-order chi connectivity index (χ0) is 32.8. The van der Waals surface area contributed by atoms with Gasteiger partial charge in [-0.3, -0.25) is 24.3 Å². The SMILES string of the molecule is CCOC(=O)c1c(NC(=O)CSc2nnc(CNC(=O)c3ccc(OC)c(OC)c3)n2-c2ccc([N+](=O)[O-])cc2)sc2c1CCC2. The van der Waals surface area contributed by atoms with Gasteiger partial charge in [-0.2, -0.15) is 0 Å². The van der Waals surface area contributed by atoms with Crippen LogP contribution in [0.25, 0.3) is 5.69 Å². The van der Waals surface area contributed by atoms with Crippen LogP contribution in [0.4, 0.5) is 10.7 Å². The summed E-state index contributed by atoms with van der Waals surface area (Å²) in [7, 11) is 2.97. The largest absolute Gasteiger partial charge is 0.493 e. The summed E-state index contributed by atoms with van der Waals surface area (Å²) in [4.78, 5) is 50.6. The summed E-state index contributed by atoms with van der Waals surface area (Å²) in [5, 5.41) is 26.2. The number of nitrogens with zero attached hydrogens (tertiary/aromatic N) is 4.